The molecule has 382 valence electrons. The Hall–Kier alpha value is -7.75. The number of carboxylic acid groups (broad SMARTS) is 1. The monoisotopic (exact) mass is 1030 g/mol. The quantitative estimate of drug-likeness (QED) is 0.0615. The SMILES string of the molecule is Cc1c(OCCCN2CCN(CC(=O)Nc3cccc4c(C5CCC(=O)NC5=O)nn(C)c34)[C@@H](C(F)(F)F)C2)cccc1-c1ccc(N2CCc3cccc(C(=O)Nc4nc5ccccc5s4)c3C2)nc1C(=O)O. The summed E-state index contributed by atoms with van der Waals surface area (Å²) in [6, 6.07) is 25.2. The Bertz CT molecular complexity index is 3330. The third-order valence-corrected chi connectivity index (χ3v) is 14.9. The molecule has 1 unspecified atom stereocenters. The number of ether oxygens (including phenoxy) is 1. The van der Waals surface area contributed by atoms with Crippen LogP contribution in [0.25, 0.3) is 32.2 Å². The number of carbonyl (C=O) groups is 5. The summed E-state index contributed by atoms with van der Waals surface area (Å²) < 4.78 is 52.4. The van der Waals surface area contributed by atoms with Gasteiger partial charge >= 0.3 is 12.1 Å². The second kappa shape index (κ2) is 20.6. The van der Waals surface area contributed by atoms with Crippen LogP contribution in [0, 0.1) is 6.92 Å². The van der Waals surface area contributed by atoms with Crippen molar-refractivity contribution >= 4 is 78.7 Å². The number of hydrogen-bond donors (Lipinski definition) is 4. The summed E-state index contributed by atoms with van der Waals surface area (Å²) >= 11 is 1.39. The highest BCUT2D eigenvalue weighted by Crippen LogP contribution is 2.37. The molecule has 21 heteroatoms. The third-order valence-electron chi connectivity index (χ3n) is 13.9. The number of hydrogen-bond acceptors (Lipinski definition) is 13. The van der Waals surface area contributed by atoms with Crippen LogP contribution >= 0.6 is 11.3 Å². The number of imide groups is 1. The van der Waals surface area contributed by atoms with Gasteiger partial charge in [0.2, 0.25) is 17.7 Å². The van der Waals surface area contributed by atoms with Crippen LogP contribution in [0.5, 0.6) is 5.75 Å². The van der Waals surface area contributed by atoms with Gasteiger partial charge in [0.05, 0.1) is 46.2 Å². The number of carbonyl (C=O) groups excluding carboxylic acids is 4. The van der Waals surface area contributed by atoms with Crippen molar-refractivity contribution in [2.24, 2.45) is 7.05 Å². The van der Waals surface area contributed by atoms with Crippen molar-refractivity contribution < 1.29 is 47.0 Å². The molecule has 0 radical (unpaired) electrons. The zero-order valence-electron chi connectivity index (χ0n) is 40.4. The number of benzene rings is 4. The number of halogens is 3. The number of para-hydroxylation sites is 2. The fourth-order valence-electron chi connectivity index (χ4n) is 10.2. The molecule has 2 fully saturated rings. The molecule has 4 amide bonds. The van der Waals surface area contributed by atoms with Crippen LogP contribution < -0.4 is 25.6 Å². The van der Waals surface area contributed by atoms with Crippen molar-refractivity contribution in [3.63, 3.8) is 0 Å². The van der Waals surface area contributed by atoms with E-state index in [4.69, 9.17) is 4.74 Å². The van der Waals surface area contributed by atoms with Gasteiger partial charge in [0.15, 0.2) is 10.8 Å². The number of rotatable bonds is 14. The Morgan fingerprint density at radius 1 is 0.905 bits per heavy atom. The highest BCUT2D eigenvalue weighted by atomic mass is 32.1. The molecule has 2 saturated heterocycles. The summed E-state index contributed by atoms with van der Waals surface area (Å²) in [5.41, 5.74) is 5.92. The molecule has 0 bridgehead atoms. The van der Waals surface area contributed by atoms with E-state index in [2.05, 4.69) is 31.0 Å². The first-order valence-corrected chi connectivity index (χ1v) is 25.0. The molecule has 4 N–H and O–H groups in total. The number of amides is 4. The molecule has 3 aliphatic rings. The zero-order valence-corrected chi connectivity index (χ0v) is 41.2. The highest BCUT2D eigenvalue weighted by Gasteiger charge is 2.47. The van der Waals surface area contributed by atoms with Gasteiger partial charge in [0.1, 0.15) is 17.6 Å². The number of piperazine rings is 1. The normalized spacial score (nSPS) is 17.6. The number of anilines is 3. The van der Waals surface area contributed by atoms with Gasteiger partial charge in [-0.15, -0.1) is 0 Å². The minimum absolute atomic E-state index is 0.0110. The molecule has 7 aromatic rings. The summed E-state index contributed by atoms with van der Waals surface area (Å²) in [6.07, 6.45) is -3.17. The number of fused-ring (bicyclic) bond motifs is 3. The van der Waals surface area contributed by atoms with Crippen molar-refractivity contribution in [2.75, 3.05) is 61.4 Å². The maximum atomic E-state index is 14.6. The Morgan fingerprint density at radius 3 is 2.51 bits per heavy atom. The van der Waals surface area contributed by atoms with Crippen LogP contribution in [0.4, 0.5) is 29.8 Å². The Kier molecular flexibility index (Phi) is 13.9. The van der Waals surface area contributed by atoms with Gasteiger partial charge in [-0.25, -0.2) is 14.8 Å². The number of nitrogens with zero attached hydrogens (tertiary/aromatic N) is 7. The average Bonchev–Trinajstić information content (AvgIpc) is 3.95. The second-order valence-corrected chi connectivity index (χ2v) is 19.7. The lowest BCUT2D eigenvalue weighted by atomic mass is 9.92. The van der Waals surface area contributed by atoms with Crippen molar-refractivity contribution in [1.82, 2.24) is 34.9 Å². The summed E-state index contributed by atoms with van der Waals surface area (Å²) in [4.78, 5) is 78.3. The number of carboxylic acids is 1. The largest absolute Gasteiger partial charge is 0.493 e. The molecule has 74 heavy (non-hydrogen) atoms. The van der Waals surface area contributed by atoms with Crippen LogP contribution in [0.2, 0.25) is 0 Å². The van der Waals surface area contributed by atoms with Crippen molar-refractivity contribution in [1.29, 1.82) is 0 Å². The lowest BCUT2D eigenvalue weighted by Gasteiger charge is -2.41. The van der Waals surface area contributed by atoms with E-state index >= 15 is 0 Å². The molecule has 0 saturated carbocycles. The molecular formula is C53H51F3N10O7S. The molecule has 2 atom stereocenters. The number of alkyl halides is 3. The highest BCUT2D eigenvalue weighted by molar-refractivity contribution is 7.22. The molecule has 10 rings (SSSR count). The van der Waals surface area contributed by atoms with Crippen molar-refractivity contribution in [2.45, 2.75) is 57.3 Å². The number of pyridine rings is 1. The molecule has 3 aromatic heterocycles. The zero-order chi connectivity index (χ0) is 51.8. The Balaban J connectivity index is 0.752. The Labute approximate surface area is 426 Å². The predicted octanol–water partition coefficient (Wildman–Crippen LogP) is 7.54. The van der Waals surface area contributed by atoms with E-state index in [1.807, 2.05) is 48.2 Å². The van der Waals surface area contributed by atoms with Gasteiger partial charge in [-0.05, 0) is 90.9 Å². The Morgan fingerprint density at radius 2 is 1.72 bits per heavy atom. The van der Waals surface area contributed by atoms with Gasteiger partial charge < -0.3 is 25.0 Å². The van der Waals surface area contributed by atoms with Gasteiger partial charge in [-0.2, -0.15) is 18.3 Å². The van der Waals surface area contributed by atoms with Crippen LogP contribution in [-0.4, -0.2) is 122 Å². The number of nitrogens with one attached hydrogen (secondary N) is 3. The van der Waals surface area contributed by atoms with Gasteiger partial charge in [0.25, 0.3) is 5.91 Å². The van der Waals surface area contributed by atoms with E-state index in [1.54, 1.807) is 66.5 Å². The molecule has 6 heterocycles. The van der Waals surface area contributed by atoms with Crippen LogP contribution in [0.1, 0.15) is 68.4 Å². The van der Waals surface area contributed by atoms with Crippen LogP contribution in [0.3, 0.4) is 0 Å². The minimum Gasteiger partial charge on any atom is -0.493 e. The summed E-state index contributed by atoms with van der Waals surface area (Å²) in [5, 5.41) is 24.1. The fraction of sp³-hybridized carbons (Fsp3) is 0.321. The maximum absolute atomic E-state index is 14.6. The van der Waals surface area contributed by atoms with Crippen molar-refractivity contribution in [3.8, 4) is 16.9 Å². The lowest BCUT2D eigenvalue weighted by Crippen LogP contribution is -2.60. The third kappa shape index (κ3) is 10.3. The molecule has 4 aromatic carbocycles. The van der Waals surface area contributed by atoms with Gasteiger partial charge in [-0.3, -0.25) is 39.4 Å². The van der Waals surface area contributed by atoms with E-state index in [0.29, 0.717) is 93.7 Å². The van der Waals surface area contributed by atoms with E-state index in [1.165, 1.54) is 16.0 Å². The first-order chi connectivity index (χ1) is 35.6. The molecule has 0 aliphatic carbocycles. The number of thiazole rings is 1. The molecule has 17 nitrogen and oxygen atoms in total. The van der Waals surface area contributed by atoms with Gasteiger partial charge in [0, 0.05) is 69.3 Å². The van der Waals surface area contributed by atoms with E-state index in [9.17, 15) is 42.3 Å². The maximum Gasteiger partial charge on any atom is 0.405 e. The van der Waals surface area contributed by atoms with Crippen LogP contribution in [0.15, 0.2) is 91.0 Å². The summed E-state index contributed by atoms with van der Waals surface area (Å²) in [7, 11) is 1.65. The number of aromatic carboxylic acids is 1. The smallest absolute Gasteiger partial charge is 0.405 e. The van der Waals surface area contributed by atoms with Crippen LogP contribution in [-0.2, 0) is 34.4 Å². The lowest BCUT2D eigenvalue weighted by molar-refractivity contribution is -0.197. The molecule has 0 spiro atoms. The number of piperidine rings is 1. The standard InChI is InChI=1S/C53H51F3N10O7S/c1-30-32(33-17-19-43(59-47(33)51(71)72)66-23-21-31-9-5-11-34(37(31)27-66)49(69)61-52-58-38-13-3-4-16-41(38)74-52)10-7-15-40(30)73-26-8-22-64-24-25-65(42(28-64)53(54,55)56)29-45(68)57-39-14-6-12-35-46(62-63(2)48(35)39)36-18-20-44(67)60-50(36)70/h3-7,9-17,19,36,42H,8,18,20-29H2,1-2H3,(H,57,68)(H,71,72)(H,58,61,69)(H,60,67,70)/t36?,42-/m1/s1. The summed E-state index contributed by atoms with van der Waals surface area (Å²) in [5.74, 6) is -2.69. The van der Waals surface area contributed by atoms with E-state index in [-0.39, 0.29) is 56.6 Å². The van der Waals surface area contributed by atoms with E-state index in [0.717, 1.165) is 26.2 Å². The van der Waals surface area contributed by atoms with Crippen molar-refractivity contribution in [3.05, 3.63) is 125 Å². The minimum atomic E-state index is -4.62. The van der Waals surface area contributed by atoms with Gasteiger partial charge in [-0.1, -0.05) is 59.9 Å². The first-order valence-electron chi connectivity index (χ1n) is 24.2. The average molecular weight is 1030 g/mol. The summed E-state index contributed by atoms with van der Waals surface area (Å²) in [6.45, 7) is 2.60. The van der Waals surface area contributed by atoms with E-state index < -0.39 is 42.5 Å². The molecule has 3 aliphatic heterocycles. The molecular weight excluding hydrogens is 978 g/mol. The second-order valence-electron chi connectivity index (χ2n) is 18.6. The number of aryl methyl sites for hydroxylation is 1. The number of aromatic nitrogens is 4. The predicted molar refractivity (Wildman–Crippen MR) is 273 cm³/mol. The topological polar surface area (TPSA) is 204 Å². The fourth-order valence-corrected chi connectivity index (χ4v) is 11.1. The first kappa shape index (κ1) is 49.8.